The predicted octanol–water partition coefficient (Wildman–Crippen LogP) is 3.12. The average molecular weight is 182 g/mol. The molecule has 0 aliphatic carbocycles. The maximum absolute atomic E-state index is 9.00. The predicted molar refractivity (Wildman–Crippen MR) is 57.4 cm³/mol. The Hall–Kier alpha value is -0.480. The molecular weight excluding hydrogens is 160 g/mol. The fourth-order valence-corrected chi connectivity index (χ4v) is 1.37. The summed E-state index contributed by atoms with van der Waals surface area (Å²) in [5.74, 6) is 2.65. The highest BCUT2D eigenvalue weighted by molar-refractivity contribution is 4.82. The molecule has 1 heteroatoms. The number of aliphatic hydroxyl groups excluding tert-OH is 1. The summed E-state index contributed by atoms with van der Waals surface area (Å²) < 4.78 is 0. The van der Waals surface area contributed by atoms with E-state index < -0.39 is 0 Å². The van der Waals surface area contributed by atoms with Crippen molar-refractivity contribution in [1.82, 2.24) is 0 Å². The van der Waals surface area contributed by atoms with Crippen LogP contribution in [0.15, 0.2) is 0 Å². The van der Waals surface area contributed by atoms with E-state index in [1.165, 1.54) is 32.1 Å². The zero-order chi connectivity index (χ0) is 9.94. The zero-order valence-corrected chi connectivity index (χ0v) is 8.76. The molecule has 0 aromatic heterocycles. The van der Waals surface area contributed by atoms with Gasteiger partial charge in [-0.2, -0.15) is 0 Å². The van der Waals surface area contributed by atoms with Crippen molar-refractivity contribution in [3.63, 3.8) is 0 Å². The third-order valence-electron chi connectivity index (χ3n) is 2.19. The van der Waals surface area contributed by atoms with E-state index in [9.17, 15) is 0 Å². The third kappa shape index (κ3) is 11.5. The lowest BCUT2D eigenvalue weighted by Gasteiger charge is -2.03. The van der Waals surface area contributed by atoms with Crippen LogP contribution in [0.2, 0.25) is 0 Å². The van der Waals surface area contributed by atoms with E-state index in [0.29, 0.717) is 0 Å². The SMILES string of the molecule is C#CCCCCCCCC[C@H](C)O. The molecule has 0 aromatic rings. The lowest BCUT2D eigenvalue weighted by atomic mass is 10.1. The van der Waals surface area contributed by atoms with E-state index in [1.807, 2.05) is 6.92 Å². The van der Waals surface area contributed by atoms with E-state index in [1.54, 1.807) is 0 Å². The van der Waals surface area contributed by atoms with Crippen LogP contribution in [0.1, 0.15) is 58.3 Å². The van der Waals surface area contributed by atoms with Gasteiger partial charge in [0.15, 0.2) is 0 Å². The van der Waals surface area contributed by atoms with E-state index in [4.69, 9.17) is 11.5 Å². The molecule has 1 N–H and O–H groups in total. The molecule has 0 saturated heterocycles. The molecule has 0 unspecified atom stereocenters. The summed E-state index contributed by atoms with van der Waals surface area (Å²) in [5.41, 5.74) is 0. The quantitative estimate of drug-likeness (QED) is 0.451. The molecule has 0 heterocycles. The van der Waals surface area contributed by atoms with Gasteiger partial charge in [-0.25, -0.2) is 0 Å². The van der Waals surface area contributed by atoms with Crippen molar-refractivity contribution in [1.29, 1.82) is 0 Å². The van der Waals surface area contributed by atoms with Gasteiger partial charge in [-0.3, -0.25) is 0 Å². The highest BCUT2D eigenvalue weighted by Gasteiger charge is 1.95. The minimum absolute atomic E-state index is 0.124. The topological polar surface area (TPSA) is 20.2 Å². The van der Waals surface area contributed by atoms with Gasteiger partial charge in [-0.05, 0) is 19.8 Å². The van der Waals surface area contributed by atoms with E-state index >= 15 is 0 Å². The van der Waals surface area contributed by atoms with Crippen molar-refractivity contribution in [3.05, 3.63) is 0 Å². The Morgan fingerprint density at radius 3 is 2.15 bits per heavy atom. The third-order valence-corrected chi connectivity index (χ3v) is 2.19. The second-order valence-corrected chi connectivity index (χ2v) is 3.71. The number of hydrogen-bond donors (Lipinski definition) is 1. The van der Waals surface area contributed by atoms with Crippen LogP contribution in [0.3, 0.4) is 0 Å². The Morgan fingerprint density at radius 1 is 1.08 bits per heavy atom. The van der Waals surface area contributed by atoms with E-state index in [0.717, 1.165) is 19.3 Å². The summed E-state index contributed by atoms with van der Waals surface area (Å²) >= 11 is 0. The summed E-state index contributed by atoms with van der Waals surface area (Å²) in [7, 11) is 0. The van der Waals surface area contributed by atoms with Gasteiger partial charge >= 0.3 is 0 Å². The molecule has 1 nitrogen and oxygen atoms in total. The Labute approximate surface area is 82.5 Å². The Kier molecular flexibility index (Phi) is 9.25. The van der Waals surface area contributed by atoms with Crippen LogP contribution in [0.25, 0.3) is 0 Å². The molecule has 76 valence electrons. The molecule has 0 aliphatic heterocycles. The normalized spacial score (nSPS) is 12.4. The van der Waals surface area contributed by atoms with Crippen molar-refractivity contribution >= 4 is 0 Å². The number of hydrogen-bond acceptors (Lipinski definition) is 1. The molecule has 0 aromatic carbocycles. The molecule has 0 amide bonds. The maximum atomic E-state index is 9.00. The van der Waals surface area contributed by atoms with Gasteiger partial charge < -0.3 is 5.11 Å². The second-order valence-electron chi connectivity index (χ2n) is 3.71. The lowest BCUT2D eigenvalue weighted by Crippen LogP contribution is -1.98. The highest BCUT2D eigenvalue weighted by Crippen LogP contribution is 2.09. The van der Waals surface area contributed by atoms with Crippen molar-refractivity contribution in [2.45, 2.75) is 64.4 Å². The minimum Gasteiger partial charge on any atom is -0.393 e. The highest BCUT2D eigenvalue weighted by atomic mass is 16.3. The Balaban J connectivity index is 2.88. The number of terminal acetylenes is 1. The first kappa shape index (κ1) is 12.5. The number of unbranched alkanes of at least 4 members (excludes halogenated alkanes) is 6. The van der Waals surface area contributed by atoms with E-state index in [-0.39, 0.29) is 6.10 Å². The van der Waals surface area contributed by atoms with Gasteiger partial charge in [0.25, 0.3) is 0 Å². The molecule has 0 fully saturated rings. The second kappa shape index (κ2) is 9.61. The first-order valence-corrected chi connectivity index (χ1v) is 5.39. The largest absolute Gasteiger partial charge is 0.393 e. The van der Waals surface area contributed by atoms with Gasteiger partial charge in [-0.15, -0.1) is 12.3 Å². The number of rotatable bonds is 8. The maximum Gasteiger partial charge on any atom is 0.0512 e. The minimum atomic E-state index is -0.124. The molecule has 0 saturated carbocycles. The molecule has 1 atom stereocenters. The standard InChI is InChI=1S/C12H22O/c1-3-4-5-6-7-8-9-10-11-12(2)13/h1,12-13H,4-11H2,2H3/t12-/m0/s1. The average Bonchev–Trinajstić information content (AvgIpc) is 2.09. The summed E-state index contributed by atoms with van der Waals surface area (Å²) in [6.07, 6.45) is 14.3. The van der Waals surface area contributed by atoms with Crippen LogP contribution >= 0.6 is 0 Å². The summed E-state index contributed by atoms with van der Waals surface area (Å²) in [5, 5.41) is 9.00. The molecular formula is C12H22O. The Bertz CT molecular complexity index is 133. The van der Waals surface area contributed by atoms with Gasteiger partial charge in [-0.1, -0.05) is 32.1 Å². The Morgan fingerprint density at radius 2 is 1.62 bits per heavy atom. The van der Waals surface area contributed by atoms with Gasteiger partial charge in [0.1, 0.15) is 0 Å². The summed E-state index contributed by atoms with van der Waals surface area (Å²) in [6.45, 7) is 1.85. The van der Waals surface area contributed by atoms with Crippen LogP contribution in [-0.4, -0.2) is 11.2 Å². The fourth-order valence-electron chi connectivity index (χ4n) is 1.37. The monoisotopic (exact) mass is 182 g/mol. The molecule has 0 spiro atoms. The zero-order valence-electron chi connectivity index (χ0n) is 8.76. The van der Waals surface area contributed by atoms with Crippen molar-refractivity contribution in [2.24, 2.45) is 0 Å². The van der Waals surface area contributed by atoms with Crippen LogP contribution in [-0.2, 0) is 0 Å². The van der Waals surface area contributed by atoms with Gasteiger partial charge in [0.05, 0.1) is 6.10 Å². The van der Waals surface area contributed by atoms with Crippen LogP contribution in [0.5, 0.6) is 0 Å². The van der Waals surface area contributed by atoms with Gasteiger partial charge in [0.2, 0.25) is 0 Å². The first-order chi connectivity index (χ1) is 6.27. The fraction of sp³-hybridized carbons (Fsp3) is 0.833. The summed E-state index contributed by atoms with van der Waals surface area (Å²) in [6, 6.07) is 0. The lowest BCUT2D eigenvalue weighted by molar-refractivity contribution is 0.180. The molecule has 13 heavy (non-hydrogen) atoms. The molecule has 0 rings (SSSR count). The van der Waals surface area contributed by atoms with Crippen molar-refractivity contribution in [2.75, 3.05) is 0 Å². The van der Waals surface area contributed by atoms with Crippen molar-refractivity contribution in [3.8, 4) is 12.3 Å². The molecule has 0 bridgehead atoms. The van der Waals surface area contributed by atoms with Crippen LogP contribution in [0, 0.1) is 12.3 Å². The number of aliphatic hydroxyl groups is 1. The smallest absolute Gasteiger partial charge is 0.0512 e. The molecule has 0 radical (unpaired) electrons. The summed E-state index contributed by atoms with van der Waals surface area (Å²) in [4.78, 5) is 0. The van der Waals surface area contributed by atoms with Crippen LogP contribution < -0.4 is 0 Å². The molecule has 0 aliphatic rings. The van der Waals surface area contributed by atoms with Crippen LogP contribution in [0.4, 0.5) is 0 Å². The van der Waals surface area contributed by atoms with E-state index in [2.05, 4.69) is 5.92 Å². The first-order valence-electron chi connectivity index (χ1n) is 5.39. The van der Waals surface area contributed by atoms with Crippen molar-refractivity contribution < 1.29 is 5.11 Å². The van der Waals surface area contributed by atoms with Gasteiger partial charge in [0, 0.05) is 6.42 Å².